The molecule has 5 nitrogen and oxygen atoms in total. The van der Waals surface area contributed by atoms with Gasteiger partial charge in [0.2, 0.25) is 0 Å². The minimum Gasteiger partial charge on any atom is -0.320 e. The summed E-state index contributed by atoms with van der Waals surface area (Å²) in [7, 11) is 1.90. The molecule has 2 rings (SSSR count). The second kappa shape index (κ2) is 6.13. The Morgan fingerprint density at radius 3 is 2.78 bits per heavy atom. The molecule has 0 aliphatic rings. The lowest BCUT2D eigenvalue weighted by Gasteiger charge is -2.16. The molecule has 0 amide bonds. The number of benzene rings is 1. The van der Waals surface area contributed by atoms with E-state index in [2.05, 4.69) is 20.7 Å². The van der Waals surface area contributed by atoms with E-state index < -0.39 is 0 Å². The van der Waals surface area contributed by atoms with Gasteiger partial charge in [-0.3, -0.25) is 0 Å². The molecule has 18 heavy (non-hydrogen) atoms. The summed E-state index contributed by atoms with van der Waals surface area (Å²) in [5.41, 5.74) is 1.01. The van der Waals surface area contributed by atoms with Gasteiger partial charge in [0.15, 0.2) is 6.33 Å². The van der Waals surface area contributed by atoms with Gasteiger partial charge in [-0.15, -0.1) is 10.2 Å². The van der Waals surface area contributed by atoms with E-state index in [1.807, 2.05) is 19.2 Å². The van der Waals surface area contributed by atoms with Gasteiger partial charge in [0.05, 0.1) is 16.1 Å². The average molecular weight is 286 g/mol. The summed E-state index contributed by atoms with van der Waals surface area (Å²) in [5, 5.41) is 16.0. The largest absolute Gasteiger partial charge is 0.320 e. The molecule has 7 heteroatoms. The van der Waals surface area contributed by atoms with Crippen LogP contribution in [0.5, 0.6) is 0 Å². The highest BCUT2D eigenvalue weighted by molar-refractivity contribution is 6.42. The van der Waals surface area contributed by atoms with Gasteiger partial charge in [0, 0.05) is 0 Å². The quantitative estimate of drug-likeness (QED) is 0.915. The maximum Gasteiger partial charge on any atom is 0.162 e. The lowest BCUT2D eigenvalue weighted by atomic mass is 10.0. The number of nitrogens with zero attached hydrogens (tertiary/aromatic N) is 4. The molecule has 0 saturated carbocycles. The van der Waals surface area contributed by atoms with Gasteiger partial charge in [-0.25, -0.2) is 0 Å². The molecule has 0 aliphatic carbocycles. The van der Waals surface area contributed by atoms with E-state index in [0.29, 0.717) is 10.0 Å². The van der Waals surface area contributed by atoms with Gasteiger partial charge < -0.3 is 5.32 Å². The number of aromatic nitrogens is 4. The van der Waals surface area contributed by atoms with Crippen LogP contribution in [-0.4, -0.2) is 33.8 Å². The van der Waals surface area contributed by atoms with Crippen molar-refractivity contribution in [2.45, 2.75) is 12.5 Å². The van der Waals surface area contributed by atoms with Gasteiger partial charge in [0.1, 0.15) is 0 Å². The number of nitrogens with one attached hydrogen (secondary N) is 1. The molecule has 1 aromatic heterocycles. The van der Waals surface area contributed by atoms with Gasteiger partial charge in [-0.1, -0.05) is 29.3 Å². The number of rotatable bonds is 5. The lowest BCUT2D eigenvalue weighted by Crippen LogP contribution is -2.19. The monoisotopic (exact) mass is 285 g/mol. The van der Waals surface area contributed by atoms with Gasteiger partial charge in [-0.2, -0.15) is 4.80 Å². The van der Waals surface area contributed by atoms with Crippen LogP contribution in [0, 0.1) is 0 Å². The van der Waals surface area contributed by atoms with E-state index in [1.165, 1.54) is 6.33 Å². The third kappa shape index (κ3) is 2.98. The third-order valence-corrected chi connectivity index (χ3v) is 3.38. The van der Waals surface area contributed by atoms with Crippen LogP contribution in [0.25, 0.3) is 0 Å². The Bertz CT molecular complexity index is 500. The van der Waals surface area contributed by atoms with Crippen molar-refractivity contribution >= 4 is 23.2 Å². The molecule has 1 heterocycles. The van der Waals surface area contributed by atoms with Crippen molar-refractivity contribution in [3.05, 3.63) is 40.1 Å². The third-order valence-electron chi connectivity index (χ3n) is 2.64. The Morgan fingerprint density at radius 1 is 1.33 bits per heavy atom. The van der Waals surface area contributed by atoms with E-state index in [0.717, 1.165) is 18.5 Å². The molecule has 96 valence electrons. The Kier molecular flexibility index (Phi) is 4.52. The number of halogens is 2. The minimum atomic E-state index is -0.00489. The van der Waals surface area contributed by atoms with E-state index >= 15 is 0 Å². The Balaban J connectivity index is 2.30. The lowest BCUT2D eigenvalue weighted by molar-refractivity contribution is 0.422. The summed E-state index contributed by atoms with van der Waals surface area (Å²) in [6.07, 6.45) is 2.26. The molecule has 1 aromatic carbocycles. The molecule has 0 bridgehead atoms. The average Bonchev–Trinajstić information content (AvgIpc) is 2.88. The first-order valence-corrected chi connectivity index (χ1v) is 6.30. The van der Waals surface area contributed by atoms with E-state index in [1.54, 1.807) is 10.9 Å². The Morgan fingerprint density at radius 2 is 2.17 bits per heavy atom. The van der Waals surface area contributed by atoms with Crippen LogP contribution in [-0.2, 0) is 0 Å². The van der Waals surface area contributed by atoms with Crippen molar-refractivity contribution < 1.29 is 0 Å². The molecular formula is C11H13Cl2N5. The minimum absolute atomic E-state index is 0.00489. The predicted octanol–water partition coefficient (Wildman–Crippen LogP) is 2.18. The zero-order chi connectivity index (χ0) is 13.0. The van der Waals surface area contributed by atoms with Gasteiger partial charge in [-0.05, 0) is 42.9 Å². The molecule has 0 unspecified atom stereocenters. The highest BCUT2D eigenvalue weighted by Crippen LogP contribution is 2.28. The fourth-order valence-corrected chi connectivity index (χ4v) is 2.04. The molecule has 2 aromatic rings. The molecule has 1 N–H and O–H groups in total. The predicted molar refractivity (Wildman–Crippen MR) is 71.0 cm³/mol. The number of tetrazole rings is 1. The fraction of sp³-hybridized carbons (Fsp3) is 0.364. The summed E-state index contributed by atoms with van der Waals surface area (Å²) >= 11 is 12.0. The standard InChI is InChI=1S/C11H13Cl2N5/c1-14-5-4-11(18-16-7-15-17-18)8-2-3-9(12)10(13)6-8/h2-3,6-7,11,14H,4-5H2,1H3/t11-/m1/s1. The van der Waals surface area contributed by atoms with E-state index in [9.17, 15) is 0 Å². The van der Waals surface area contributed by atoms with Crippen LogP contribution in [0.15, 0.2) is 24.5 Å². The second-order valence-corrected chi connectivity index (χ2v) is 4.65. The van der Waals surface area contributed by atoms with Crippen LogP contribution in [0.3, 0.4) is 0 Å². The maximum atomic E-state index is 6.04. The first-order chi connectivity index (χ1) is 8.72. The smallest absolute Gasteiger partial charge is 0.162 e. The molecular weight excluding hydrogens is 273 g/mol. The fourth-order valence-electron chi connectivity index (χ4n) is 1.73. The molecule has 0 spiro atoms. The van der Waals surface area contributed by atoms with E-state index in [4.69, 9.17) is 23.2 Å². The molecule has 0 radical (unpaired) electrons. The van der Waals surface area contributed by atoms with Crippen molar-refractivity contribution in [1.29, 1.82) is 0 Å². The number of hydrogen-bond acceptors (Lipinski definition) is 4. The highest BCUT2D eigenvalue weighted by Gasteiger charge is 2.16. The summed E-state index contributed by atoms with van der Waals surface area (Å²) in [4.78, 5) is 1.58. The first kappa shape index (κ1) is 13.3. The molecule has 0 fully saturated rings. The van der Waals surface area contributed by atoms with Crippen molar-refractivity contribution in [3.63, 3.8) is 0 Å². The second-order valence-electron chi connectivity index (χ2n) is 3.84. The van der Waals surface area contributed by atoms with Crippen molar-refractivity contribution in [2.24, 2.45) is 0 Å². The van der Waals surface area contributed by atoms with Gasteiger partial charge >= 0.3 is 0 Å². The number of hydrogen-bond donors (Lipinski definition) is 1. The van der Waals surface area contributed by atoms with E-state index in [-0.39, 0.29) is 6.04 Å². The zero-order valence-electron chi connectivity index (χ0n) is 9.85. The van der Waals surface area contributed by atoms with Crippen LogP contribution in [0.2, 0.25) is 10.0 Å². The SMILES string of the molecule is CNCC[C@H](c1ccc(Cl)c(Cl)c1)n1ncnn1. The molecule has 0 aliphatic heterocycles. The zero-order valence-corrected chi connectivity index (χ0v) is 11.4. The summed E-state index contributed by atoms with van der Waals surface area (Å²) in [5.74, 6) is 0. The normalized spacial score (nSPS) is 12.6. The van der Waals surface area contributed by atoms with Crippen LogP contribution in [0.4, 0.5) is 0 Å². The maximum absolute atomic E-state index is 6.04. The first-order valence-electron chi connectivity index (χ1n) is 5.54. The van der Waals surface area contributed by atoms with Crippen LogP contribution in [0.1, 0.15) is 18.0 Å². The summed E-state index contributed by atoms with van der Waals surface area (Å²) in [6.45, 7) is 0.840. The van der Waals surface area contributed by atoms with Crippen LogP contribution >= 0.6 is 23.2 Å². The molecule has 1 atom stereocenters. The van der Waals surface area contributed by atoms with Crippen molar-refractivity contribution in [2.75, 3.05) is 13.6 Å². The van der Waals surface area contributed by atoms with Gasteiger partial charge in [0.25, 0.3) is 0 Å². The van der Waals surface area contributed by atoms with Crippen molar-refractivity contribution in [1.82, 2.24) is 25.5 Å². The summed E-state index contributed by atoms with van der Waals surface area (Å²) < 4.78 is 0. The summed E-state index contributed by atoms with van der Waals surface area (Å²) in [6, 6.07) is 5.54. The van der Waals surface area contributed by atoms with Crippen molar-refractivity contribution in [3.8, 4) is 0 Å². The topological polar surface area (TPSA) is 55.6 Å². The van der Waals surface area contributed by atoms with Crippen LogP contribution < -0.4 is 5.32 Å². The highest BCUT2D eigenvalue weighted by atomic mass is 35.5. The Hall–Kier alpha value is -1.17. The molecule has 0 saturated heterocycles. The Labute approximate surface area is 115 Å².